The lowest BCUT2D eigenvalue weighted by Crippen LogP contribution is -2.08. The Bertz CT molecular complexity index is 468. The molecule has 0 aromatic carbocycles. The first-order valence-corrected chi connectivity index (χ1v) is 5.55. The van der Waals surface area contributed by atoms with Crippen molar-refractivity contribution in [3.05, 3.63) is 84.4 Å². The fourth-order valence-corrected chi connectivity index (χ4v) is 1.68. The van der Waals surface area contributed by atoms with Gasteiger partial charge in [0, 0.05) is 11.1 Å². The third-order valence-electron chi connectivity index (χ3n) is 2.47. The lowest BCUT2D eigenvalue weighted by Gasteiger charge is -2.24. The molecule has 0 aromatic rings. The van der Waals surface area contributed by atoms with Crippen LogP contribution in [-0.2, 0) is 4.74 Å². The second kappa shape index (κ2) is 5.90. The van der Waals surface area contributed by atoms with Gasteiger partial charge in [0.05, 0.1) is 0 Å². The van der Waals surface area contributed by atoms with Gasteiger partial charge < -0.3 is 4.74 Å². The highest BCUT2D eigenvalue weighted by atomic mass is 16.5. The first-order chi connectivity index (χ1) is 8.19. The van der Waals surface area contributed by atoms with Gasteiger partial charge in [-0.05, 0) is 31.6 Å². The van der Waals surface area contributed by atoms with Gasteiger partial charge in [-0.2, -0.15) is 0 Å². The van der Waals surface area contributed by atoms with Gasteiger partial charge in [-0.3, -0.25) is 0 Å². The molecule has 0 unspecified atom stereocenters. The van der Waals surface area contributed by atoms with Crippen LogP contribution in [0, 0.1) is 0 Å². The molecule has 1 heterocycles. The van der Waals surface area contributed by atoms with Gasteiger partial charge in [0.15, 0.2) is 0 Å². The van der Waals surface area contributed by atoms with Crippen molar-refractivity contribution in [2.24, 2.45) is 0 Å². The molecule has 1 heteroatoms. The first-order valence-electron chi connectivity index (χ1n) is 5.55. The average Bonchev–Trinajstić information content (AvgIpc) is 2.33. The molecule has 0 aromatic heterocycles. The minimum atomic E-state index is 0.779. The average molecular weight is 226 g/mol. The molecule has 1 aliphatic heterocycles. The van der Waals surface area contributed by atoms with Crippen molar-refractivity contribution in [1.82, 2.24) is 0 Å². The molecule has 1 rings (SSSR count). The maximum Gasteiger partial charge on any atom is 0.134 e. The summed E-state index contributed by atoms with van der Waals surface area (Å²) < 4.78 is 5.82. The van der Waals surface area contributed by atoms with E-state index in [2.05, 4.69) is 19.7 Å². The number of allylic oxidation sites excluding steroid dienone is 8. The van der Waals surface area contributed by atoms with Crippen molar-refractivity contribution in [2.75, 3.05) is 0 Å². The normalized spacial score (nSPS) is 21.2. The second-order valence-electron chi connectivity index (χ2n) is 3.53. The summed E-state index contributed by atoms with van der Waals surface area (Å²) in [5.41, 5.74) is 2.78. The van der Waals surface area contributed by atoms with Gasteiger partial charge in [0.25, 0.3) is 0 Å². The predicted octanol–water partition coefficient (Wildman–Crippen LogP) is 4.61. The quantitative estimate of drug-likeness (QED) is 0.683. The van der Waals surface area contributed by atoms with E-state index in [0.29, 0.717) is 0 Å². The molecule has 0 saturated heterocycles. The molecule has 88 valence electrons. The second-order valence-corrected chi connectivity index (χ2v) is 3.53. The lowest BCUT2D eigenvalue weighted by molar-refractivity contribution is 0.320. The summed E-state index contributed by atoms with van der Waals surface area (Å²) in [6.45, 7) is 15.5. The van der Waals surface area contributed by atoms with E-state index >= 15 is 0 Å². The molecule has 0 aliphatic carbocycles. The van der Waals surface area contributed by atoms with Crippen LogP contribution in [0.25, 0.3) is 0 Å². The Labute approximate surface area is 103 Å². The molecule has 0 N–H and O–H groups in total. The SMILES string of the molecule is C=C/C=C1/C(=C)C(C=C)=C(/C=C\C)O/C1=C/C. The highest BCUT2D eigenvalue weighted by Crippen LogP contribution is 2.35. The van der Waals surface area contributed by atoms with Gasteiger partial charge >= 0.3 is 0 Å². The van der Waals surface area contributed by atoms with E-state index in [1.165, 1.54) is 0 Å². The van der Waals surface area contributed by atoms with E-state index in [0.717, 1.165) is 28.2 Å². The van der Waals surface area contributed by atoms with E-state index in [1.54, 1.807) is 12.2 Å². The van der Waals surface area contributed by atoms with E-state index in [1.807, 2.05) is 38.2 Å². The van der Waals surface area contributed by atoms with Gasteiger partial charge in [-0.1, -0.05) is 44.0 Å². The lowest BCUT2D eigenvalue weighted by atomic mass is 9.93. The topological polar surface area (TPSA) is 9.23 Å². The van der Waals surface area contributed by atoms with Crippen LogP contribution in [-0.4, -0.2) is 0 Å². The Morgan fingerprint density at radius 3 is 2.35 bits per heavy atom. The summed E-state index contributed by atoms with van der Waals surface area (Å²) in [7, 11) is 0. The van der Waals surface area contributed by atoms with E-state index in [-0.39, 0.29) is 0 Å². The standard InChI is InChI=1S/C16H18O/c1-6-10-14-12(5)13(8-3)16(11-7-2)17-15(14)9-4/h6-11H,1,3,5H2,2,4H3/b11-7-,14-10-,15-9+. The highest BCUT2D eigenvalue weighted by molar-refractivity contribution is 5.62. The molecule has 1 nitrogen and oxygen atoms in total. The van der Waals surface area contributed by atoms with Crippen LogP contribution in [0.5, 0.6) is 0 Å². The smallest absolute Gasteiger partial charge is 0.134 e. The number of ether oxygens (including phenoxy) is 1. The van der Waals surface area contributed by atoms with E-state index < -0.39 is 0 Å². The van der Waals surface area contributed by atoms with Gasteiger partial charge in [0.1, 0.15) is 11.5 Å². The third kappa shape index (κ3) is 2.56. The number of rotatable bonds is 3. The molecule has 0 bridgehead atoms. The molecule has 0 saturated carbocycles. The minimum absolute atomic E-state index is 0.779. The highest BCUT2D eigenvalue weighted by Gasteiger charge is 2.21. The molecule has 0 fully saturated rings. The van der Waals surface area contributed by atoms with Crippen LogP contribution in [0.3, 0.4) is 0 Å². The Balaban J connectivity index is 3.41. The van der Waals surface area contributed by atoms with Gasteiger partial charge in [-0.25, -0.2) is 0 Å². The van der Waals surface area contributed by atoms with Crippen LogP contribution in [0.4, 0.5) is 0 Å². The molecule has 0 spiro atoms. The largest absolute Gasteiger partial charge is 0.456 e. The summed E-state index contributed by atoms with van der Waals surface area (Å²) in [6.07, 6.45) is 11.2. The van der Waals surface area contributed by atoms with Gasteiger partial charge in [0.2, 0.25) is 0 Å². The fraction of sp³-hybridized carbons (Fsp3) is 0.125. The molecule has 1 aliphatic rings. The van der Waals surface area contributed by atoms with Crippen LogP contribution in [0.2, 0.25) is 0 Å². The summed E-state index contributed by atoms with van der Waals surface area (Å²) in [4.78, 5) is 0. The zero-order valence-corrected chi connectivity index (χ0v) is 10.5. The monoisotopic (exact) mass is 226 g/mol. The van der Waals surface area contributed by atoms with Crippen molar-refractivity contribution in [1.29, 1.82) is 0 Å². The Morgan fingerprint density at radius 1 is 1.18 bits per heavy atom. The molecule has 0 amide bonds. The first kappa shape index (κ1) is 13.0. The van der Waals surface area contributed by atoms with Crippen LogP contribution in [0.1, 0.15) is 13.8 Å². The van der Waals surface area contributed by atoms with Crippen molar-refractivity contribution in [2.45, 2.75) is 13.8 Å². The maximum atomic E-state index is 5.82. The molecule has 0 atom stereocenters. The summed E-state index contributed by atoms with van der Waals surface area (Å²) in [5.74, 6) is 1.58. The van der Waals surface area contributed by atoms with E-state index in [9.17, 15) is 0 Å². The van der Waals surface area contributed by atoms with Crippen molar-refractivity contribution in [3.8, 4) is 0 Å². The maximum absolute atomic E-state index is 5.82. The molecule has 0 radical (unpaired) electrons. The van der Waals surface area contributed by atoms with Crippen LogP contribution >= 0.6 is 0 Å². The van der Waals surface area contributed by atoms with Crippen LogP contribution in [0.15, 0.2) is 84.4 Å². The molecule has 17 heavy (non-hydrogen) atoms. The van der Waals surface area contributed by atoms with E-state index in [4.69, 9.17) is 4.74 Å². The Hall–Kier alpha value is -2.02. The minimum Gasteiger partial charge on any atom is -0.456 e. The zero-order valence-electron chi connectivity index (χ0n) is 10.5. The van der Waals surface area contributed by atoms with Crippen molar-refractivity contribution < 1.29 is 4.74 Å². The fourth-order valence-electron chi connectivity index (χ4n) is 1.68. The summed E-state index contributed by atoms with van der Waals surface area (Å²) >= 11 is 0. The Kier molecular flexibility index (Phi) is 4.53. The molecular formula is C16H18O. The summed E-state index contributed by atoms with van der Waals surface area (Å²) in [5, 5.41) is 0. The molecular weight excluding hydrogens is 208 g/mol. The third-order valence-corrected chi connectivity index (χ3v) is 2.47. The summed E-state index contributed by atoms with van der Waals surface area (Å²) in [6, 6.07) is 0. The zero-order chi connectivity index (χ0) is 12.8. The number of hydrogen-bond acceptors (Lipinski definition) is 1. The van der Waals surface area contributed by atoms with Crippen molar-refractivity contribution in [3.63, 3.8) is 0 Å². The number of hydrogen-bond donors (Lipinski definition) is 0. The van der Waals surface area contributed by atoms with Crippen molar-refractivity contribution >= 4 is 0 Å². The van der Waals surface area contributed by atoms with Gasteiger partial charge in [-0.15, -0.1) is 0 Å². The predicted molar refractivity (Wildman–Crippen MR) is 74.3 cm³/mol. The Morgan fingerprint density at radius 2 is 1.88 bits per heavy atom. The van der Waals surface area contributed by atoms with Crippen LogP contribution < -0.4 is 0 Å².